The van der Waals surface area contributed by atoms with Gasteiger partial charge >= 0.3 is 0 Å². The third kappa shape index (κ3) is 3.06. The number of benzene rings is 2. The standard InChI is InChI=1S/C22H27N/c1-4-7-10-17(5-2)15-18-13-14-22-20(16-18)19-11-8-9-12-21(19)23(22)6-3/h6,8-9,11-14,16-17H,3-5,7,10,15H2,1-2H3. The number of hydrogen-bond donors (Lipinski definition) is 0. The molecule has 0 saturated heterocycles. The smallest absolute Gasteiger partial charge is 0.0534 e. The minimum Gasteiger partial charge on any atom is -0.317 e. The number of fused-ring (bicyclic) bond motifs is 3. The summed E-state index contributed by atoms with van der Waals surface area (Å²) in [5.41, 5.74) is 3.96. The summed E-state index contributed by atoms with van der Waals surface area (Å²) in [6.45, 7) is 8.59. The molecule has 1 aromatic heterocycles. The molecule has 0 fully saturated rings. The molecule has 23 heavy (non-hydrogen) atoms. The molecule has 0 radical (unpaired) electrons. The van der Waals surface area contributed by atoms with Gasteiger partial charge in [-0.1, -0.05) is 70.4 Å². The Morgan fingerprint density at radius 2 is 1.83 bits per heavy atom. The van der Waals surface area contributed by atoms with Gasteiger partial charge in [-0.3, -0.25) is 0 Å². The van der Waals surface area contributed by atoms with Gasteiger partial charge in [-0.05, 0) is 36.1 Å². The summed E-state index contributed by atoms with van der Waals surface area (Å²) in [6, 6.07) is 15.6. The summed E-state index contributed by atoms with van der Waals surface area (Å²) in [6.07, 6.45) is 8.37. The van der Waals surface area contributed by atoms with Crippen LogP contribution in [0.5, 0.6) is 0 Å². The predicted molar refractivity (Wildman–Crippen MR) is 103 cm³/mol. The highest BCUT2D eigenvalue weighted by molar-refractivity contribution is 6.09. The summed E-state index contributed by atoms with van der Waals surface area (Å²) in [7, 11) is 0. The zero-order valence-corrected chi connectivity index (χ0v) is 14.4. The van der Waals surface area contributed by atoms with Gasteiger partial charge < -0.3 is 4.57 Å². The average molecular weight is 305 g/mol. The van der Waals surface area contributed by atoms with Gasteiger partial charge in [0.05, 0.1) is 11.0 Å². The molecule has 1 nitrogen and oxygen atoms in total. The van der Waals surface area contributed by atoms with Crippen LogP contribution >= 0.6 is 0 Å². The van der Waals surface area contributed by atoms with Crippen LogP contribution in [0.2, 0.25) is 0 Å². The van der Waals surface area contributed by atoms with Gasteiger partial charge in [0.1, 0.15) is 0 Å². The SMILES string of the molecule is C=Cn1c2ccccc2c2cc(CC(CC)CCCC)ccc21. The van der Waals surface area contributed by atoms with Crippen molar-refractivity contribution in [3.8, 4) is 0 Å². The first-order valence-corrected chi connectivity index (χ1v) is 8.92. The third-order valence-electron chi connectivity index (χ3n) is 5.02. The number of aromatic nitrogens is 1. The Hall–Kier alpha value is -2.02. The predicted octanol–water partition coefficient (Wildman–Crippen LogP) is 6.65. The molecule has 1 heteroatoms. The second kappa shape index (κ2) is 7.04. The van der Waals surface area contributed by atoms with Crippen LogP contribution in [-0.4, -0.2) is 4.57 Å². The van der Waals surface area contributed by atoms with E-state index in [1.54, 1.807) is 0 Å². The number of nitrogens with zero attached hydrogens (tertiary/aromatic N) is 1. The van der Waals surface area contributed by atoms with Crippen LogP contribution in [0.15, 0.2) is 49.0 Å². The van der Waals surface area contributed by atoms with Crippen molar-refractivity contribution in [2.75, 3.05) is 0 Å². The van der Waals surface area contributed by atoms with Gasteiger partial charge in [-0.25, -0.2) is 0 Å². The lowest BCUT2D eigenvalue weighted by Crippen LogP contribution is -2.03. The minimum absolute atomic E-state index is 0.806. The summed E-state index contributed by atoms with van der Waals surface area (Å²) >= 11 is 0. The molecule has 3 aromatic rings. The van der Waals surface area contributed by atoms with Crippen LogP contribution in [0.3, 0.4) is 0 Å². The first kappa shape index (κ1) is 15.9. The Labute approximate surface area is 139 Å². The number of unbranched alkanes of at least 4 members (excludes halogenated alkanes) is 1. The highest BCUT2D eigenvalue weighted by Crippen LogP contribution is 2.31. The summed E-state index contributed by atoms with van der Waals surface area (Å²) in [5.74, 6) is 0.806. The summed E-state index contributed by atoms with van der Waals surface area (Å²) in [5, 5.41) is 2.68. The molecule has 1 heterocycles. The van der Waals surface area contributed by atoms with Crippen LogP contribution in [0.1, 0.15) is 45.1 Å². The van der Waals surface area contributed by atoms with Gasteiger partial charge in [-0.2, -0.15) is 0 Å². The number of rotatable bonds is 7. The maximum Gasteiger partial charge on any atom is 0.0534 e. The van der Waals surface area contributed by atoms with Gasteiger partial charge in [0, 0.05) is 17.0 Å². The second-order valence-corrected chi connectivity index (χ2v) is 6.54. The van der Waals surface area contributed by atoms with E-state index in [-0.39, 0.29) is 0 Å². The van der Waals surface area contributed by atoms with Crippen LogP contribution in [0.25, 0.3) is 28.0 Å². The third-order valence-corrected chi connectivity index (χ3v) is 5.02. The highest BCUT2D eigenvalue weighted by Gasteiger charge is 2.11. The van der Waals surface area contributed by atoms with Gasteiger partial charge in [0.25, 0.3) is 0 Å². The molecule has 1 atom stereocenters. The van der Waals surface area contributed by atoms with E-state index < -0.39 is 0 Å². The zero-order chi connectivity index (χ0) is 16.2. The maximum absolute atomic E-state index is 3.98. The normalized spacial score (nSPS) is 12.8. The fourth-order valence-electron chi connectivity index (χ4n) is 3.65. The molecule has 0 saturated carbocycles. The molecule has 0 aliphatic carbocycles. The topological polar surface area (TPSA) is 4.93 Å². The van der Waals surface area contributed by atoms with Crippen molar-refractivity contribution in [3.05, 3.63) is 54.6 Å². The first-order chi connectivity index (χ1) is 11.3. The second-order valence-electron chi connectivity index (χ2n) is 6.54. The van der Waals surface area contributed by atoms with E-state index in [0.717, 1.165) is 5.92 Å². The fourth-order valence-corrected chi connectivity index (χ4v) is 3.65. The van der Waals surface area contributed by atoms with Crippen molar-refractivity contribution in [2.45, 2.75) is 46.0 Å². The lowest BCUT2D eigenvalue weighted by molar-refractivity contribution is 0.449. The maximum atomic E-state index is 3.98. The lowest BCUT2D eigenvalue weighted by atomic mass is 9.91. The van der Waals surface area contributed by atoms with Crippen molar-refractivity contribution < 1.29 is 0 Å². The highest BCUT2D eigenvalue weighted by atomic mass is 14.9. The number of hydrogen-bond acceptors (Lipinski definition) is 0. The van der Waals surface area contributed by atoms with E-state index in [0.29, 0.717) is 0 Å². The Bertz CT molecular complexity index is 809. The van der Waals surface area contributed by atoms with E-state index in [1.807, 2.05) is 6.20 Å². The molecule has 0 aliphatic heterocycles. The largest absolute Gasteiger partial charge is 0.317 e. The van der Waals surface area contributed by atoms with Crippen molar-refractivity contribution in [3.63, 3.8) is 0 Å². The molecule has 0 bridgehead atoms. The minimum atomic E-state index is 0.806. The molecule has 120 valence electrons. The van der Waals surface area contributed by atoms with Crippen molar-refractivity contribution in [1.29, 1.82) is 0 Å². The van der Waals surface area contributed by atoms with Crippen LogP contribution in [0.4, 0.5) is 0 Å². The fraction of sp³-hybridized carbons (Fsp3) is 0.364. The van der Waals surface area contributed by atoms with Gasteiger partial charge in [0.15, 0.2) is 0 Å². The Morgan fingerprint density at radius 3 is 2.57 bits per heavy atom. The van der Waals surface area contributed by atoms with Gasteiger partial charge in [-0.15, -0.1) is 0 Å². The molecule has 0 N–H and O–H groups in total. The lowest BCUT2D eigenvalue weighted by Gasteiger charge is -2.14. The van der Waals surface area contributed by atoms with E-state index in [2.05, 4.69) is 67.5 Å². The molecule has 3 rings (SSSR count). The Morgan fingerprint density at radius 1 is 1.04 bits per heavy atom. The van der Waals surface area contributed by atoms with Crippen molar-refractivity contribution in [1.82, 2.24) is 4.57 Å². The van der Waals surface area contributed by atoms with Crippen LogP contribution in [0, 0.1) is 5.92 Å². The Kier molecular flexibility index (Phi) is 4.85. The van der Waals surface area contributed by atoms with Crippen molar-refractivity contribution in [2.24, 2.45) is 5.92 Å². The molecule has 0 spiro atoms. The van der Waals surface area contributed by atoms with Crippen molar-refractivity contribution >= 4 is 28.0 Å². The molecular formula is C22H27N. The van der Waals surface area contributed by atoms with E-state index >= 15 is 0 Å². The molecule has 0 amide bonds. The van der Waals surface area contributed by atoms with E-state index in [9.17, 15) is 0 Å². The van der Waals surface area contributed by atoms with Gasteiger partial charge in [0.2, 0.25) is 0 Å². The van der Waals surface area contributed by atoms with Crippen LogP contribution in [-0.2, 0) is 6.42 Å². The number of para-hydroxylation sites is 1. The van der Waals surface area contributed by atoms with E-state index in [1.165, 1.54) is 59.5 Å². The van der Waals surface area contributed by atoms with Crippen LogP contribution < -0.4 is 0 Å². The average Bonchev–Trinajstić information content (AvgIpc) is 2.91. The zero-order valence-electron chi connectivity index (χ0n) is 14.4. The summed E-state index contributed by atoms with van der Waals surface area (Å²) in [4.78, 5) is 0. The Balaban J connectivity index is 2.01. The molecule has 0 aliphatic rings. The quantitative estimate of drug-likeness (QED) is 0.460. The molecular weight excluding hydrogens is 278 g/mol. The monoisotopic (exact) mass is 305 g/mol. The first-order valence-electron chi connectivity index (χ1n) is 8.92. The summed E-state index contributed by atoms with van der Waals surface area (Å²) < 4.78 is 2.20. The molecule has 1 unspecified atom stereocenters. The van der Waals surface area contributed by atoms with E-state index in [4.69, 9.17) is 0 Å². The molecule has 2 aromatic carbocycles.